The average Bonchev–Trinajstić information content (AvgIpc) is 2.47. The predicted molar refractivity (Wildman–Crippen MR) is 85.8 cm³/mol. The van der Waals surface area contributed by atoms with Crippen molar-refractivity contribution in [1.82, 2.24) is 5.32 Å². The van der Waals surface area contributed by atoms with E-state index in [-0.39, 0.29) is 22.5 Å². The fourth-order valence-electron chi connectivity index (χ4n) is 2.17. The maximum atomic E-state index is 14.1. The number of likely N-dealkylation sites (N-methyl/N-ethyl adjacent to an activating group) is 1. The Balaban J connectivity index is 2.35. The van der Waals surface area contributed by atoms with E-state index in [2.05, 4.69) is 21.2 Å². The van der Waals surface area contributed by atoms with Gasteiger partial charge in [-0.1, -0.05) is 23.7 Å². The second-order valence-electron chi connectivity index (χ2n) is 4.88. The molecule has 0 aliphatic carbocycles. The van der Waals surface area contributed by atoms with Crippen LogP contribution >= 0.6 is 27.5 Å². The van der Waals surface area contributed by atoms with Crippen molar-refractivity contribution in [2.45, 2.75) is 19.4 Å². The second kappa shape index (κ2) is 6.86. The van der Waals surface area contributed by atoms with E-state index in [1.54, 1.807) is 7.05 Å². The summed E-state index contributed by atoms with van der Waals surface area (Å²) in [4.78, 5) is 0. The van der Waals surface area contributed by atoms with Crippen molar-refractivity contribution in [3.63, 3.8) is 0 Å². The van der Waals surface area contributed by atoms with Crippen LogP contribution in [-0.4, -0.2) is 7.05 Å². The third-order valence-electron chi connectivity index (χ3n) is 3.49. The molecule has 1 N–H and O–H groups in total. The Hall–Kier alpha value is -0.970. The van der Waals surface area contributed by atoms with Gasteiger partial charge in [-0.25, -0.2) is 8.78 Å². The lowest BCUT2D eigenvalue weighted by Gasteiger charge is -2.18. The molecule has 2 aromatic rings. The number of aryl methyl sites for hydroxylation is 1. The number of hydrogen-bond acceptors (Lipinski definition) is 1. The summed E-state index contributed by atoms with van der Waals surface area (Å²) in [6, 6.07) is 8.04. The van der Waals surface area contributed by atoms with E-state index < -0.39 is 11.6 Å². The maximum absolute atomic E-state index is 14.1. The molecule has 0 spiro atoms. The Morgan fingerprint density at radius 1 is 1.24 bits per heavy atom. The monoisotopic (exact) mass is 373 g/mol. The number of nitrogens with one attached hydrogen (secondary N) is 1. The summed E-state index contributed by atoms with van der Waals surface area (Å²) >= 11 is 9.21. The largest absolute Gasteiger partial charge is 0.313 e. The zero-order valence-corrected chi connectivity index (χ0v) is 14.0. The fraction of sp³-hybridized carbons (Fsp3) is 0.250. The van der Waals surface area contributed by atoms with Crippen LogP contribution in [0.25, 0.3) is 0 Å². The molecule has 0 fully saturated rings. The van der Waals surface area contributed by atoms with Crippen molar-refractivity contribution in [1.29, 1.82) is 0 Å². The third kappa shape index (κ3) is 3.62. The van der Waals surface area contributed by atoms with Crippen LogP contribution in [0.4, 0.5) is 8.78 Å². The van der Waals surface area contributed by atoms with Crippen LogP contribution in [0.15, 0.2) is 34.8 Å². The van der Waals surface area contributed by atoms with Crippen molar-refractivity contribution in [3.8, 4) is 0 Å². The van der Waals surface area contributed by atoms with Gasteiger partial charge in [-0.3, -0.25) is 0 Å². The normalized spacial score (nSPS) is 12.5. The van der Waals surface area contributed by atoms with Crippen LogP contribution in [0.5, 0.6) is 0 Å². The molecule has 0 saturated carbocycles. The van der Waals surface area contributed by atoms with Crippen LogP contribution in [0.3, 0.4) is 0 Å². The molecule has 112 valence electrons. The molecule has 0 bridgehead atoms. The van der Waals surface area contributed by atoms with Gasteiger partial charge in [0.05, 0.1) is 4.47 Å². The minimum atomic E-state index is -0.562. The van der Waals surface area contributed by atoms with Gasteiger partial charge in [0.1, 0.15) is 11.6 Å². The van der Waals surface area contributed by atoms with Crippen LogP contribution in [0.2, 0.25) is 5.02 Å². The molecule has 0 radical (unpaired) electrons. The second-order valence-corrected chi connectivity index (χ2v) is 6.14. The van der Waals surface area contributed by atoms with Gasteiger partial charge < -0.3 is 5.32 Å². The summed E-state index contributed by atoms with van der Waals surface area (Å²) in [7, 11) is 1.76. The summed E-state index contributed by atoms with van der Waals surface area (Å²) < 4.78 is 28.2. The summed E-state index contributed by atoms with van der Waals surface area (Å²) in [6.07, 6.45) is 0.201. The average molecular weight is 375 g/mol. The third-order valence-corrected chi connectivity index (χ3v) is 4.51. The molecule has 0 aromatic heterocycles. The highest BCUT2D eigenvalue weighted by molar-refractivity contribution is 9.10. The van der Waals surface area contributed by atoms with Crippen molar-refractivity contribution in [2.75, 3.05) is 7.05 Å². The first-order valence-electron chi connectivity index (χ1n) is 6.49. The quantitative estimate of drug-likeness (QED) is 0.726. The molecule has 1 nitrogen and oxygen atoms in total. The van der Waals surface area contributed by atoms with Crippen molar-refractivity contribution in [3.05, 3.63) is 68.2 Å². The van der Waals surface area contributed by atoms with Gasteiger partial charge in [0.25, 0.3) is 0 Å². The maximum Gasteiger partial charge on any atom is 0.143 e. The van der Waals surface area contributed by atoms with Gasteiger partial charge in [0, 0.05) is 16.6 Å². The van der Waals surface area contributed by atoms with Crippen molar-refractivity contribution < 1.29 is 8.78 Å². The number of benzene rings is 2. The minimum absolute atomic E-state index is 0.0559. The van der Waals surface area contributed by atoms with Crippen LogP contribution in [0, 0.1) is 18.6 Å². The van der Waals surface area contributed by atoms with Gasteiger partial charge in [-0.2, -0.15) is 0 Å². The number of rotatable bonds is 4. The molecule has 0 amide bonds. The van der Waals surface area contributed by atoms with Crippen molar-refractivity contribution >= 4 is 27.5 Å². The van der Waals surface area contributed by atoms with E-state index in [9.17, 15) is 8.78 Å². The highest BCUT2D eigenvalue weighted by Gasteiger charge is 2.18. The molecule has 1 unspecified atom stereocenters. The first-order chi connectivity index (χ1) is 9.93. The Morgan fingerprint density at radius 3 is 2.57 bits per heavy atom. The summed E-state index contributed by atoms with van der Waals surface area (Å²) in [6.45, 7) is 1.91. The summed E-state index contributed by atoms with van der Waals surface area (Å²) in [5.74, 6) is -1.11. The summed E-state index contributed by atoms with van der Waals surface area (Å²) in [5.41, 5.74) is 1.92. The van der Waals surface area contributed by atoms with Crippen LogP contribution in [0.1, 0.15) is 22.7 Å². The Morgan fingerprint density at radius 2 is 1.95 bits per heavy atom. The first kappa shape index (κ1) is 16.4. The Bertz CT molecular complexity index is 661. The Kier molecular flexibility index (Phi) is 5.36. The highest BCUT2D eigenvalue weighted by Crippen LogP contribution is 2.28. The lowest BCUT2D eigenvalue weighted by atomic mass is 9.97. The first-order valence-corrected chi connectivity index (χ1v) is 7.66. The predicted octanol–water partition coefficient (Wildman–Crippen LogP) is 5.19. The molecule has 0 aliphatic heterocycles. The summed E-state index contributed by atoms with van der Waals surface area (Å²) in [5, 5.41) is 3.72. The van der Waals surface area contributed by atoms with Crippen LogP contribution < -0.4 is 5.32 Å². The van der Waals surface area contributed by atoms with Gasteiger partial charge in [-0.05, 0) is 65.6 Å². The van der Waals surface area contributed by atoms with Gasteiger partial charge in [0.2, 0.25) is 0 Å². The molecular formula is C16H15BrClF2N. The smallest absolute Gasteiger partial charge is 0.143 e. The van der Waals surface area contributed by atoms with E-state index in [4.69, 9.17) is 11.6 Å². The zero-order valence-electron chi connectivity index (χ0n) is 11.7. The zero-order chi connectivity index (χ0) is 15.6. The fourth-order valence-corrected chi connectivity index (χ4v) is 2.73. The van der Waals surface area contributed by atoms with E-state index in [0.29, 0.717) is 5.02 Å². The van der Waals surface area contributed by atoms with Crippen LogP contribution in [-0.2, 0) is 6.42 Å². The Labute approximate surface area is 136 Å². The number of halogens is 4. The standard InChI is InChI=1S/C16H15BrClF2N/c1-9-3-4-10(7-13(9)18)15(21-2)8-11-14(19)6-5-12(17)16(11)20/h3-7,15,21H,8H2,1-2H3. The molecule has 5 heteroatoms. The molecule has 2 aromatic carbocycles. The molecule has 0 aliphatic rings. The molecule has 0 heterocycles. The molecule has 2 rings (SSSR count). The molecule has 1 atom stereocenters. The van der Waals surface area contributed by atoms with Gasteiger partial charge in [-0.15, -0.1) is 0 Å². The van der Waals surface area contributed by atoms with Gasteiger partial charge >= 0.3 is 0 Å². The minimum Gasteiger partial charge on any atom is -0.313 e. The highest BCUT2D eigenvalue weighted by atomic mass is 79.9. The van der Waals surface area contributed by atoms with Crippen molar-refractivity contribution in [2.24, 2.45) is 0 Å². The van der Waals surface area contributed by atoms with E-state index in [1.807, 2.05) is 25.1 Å². The van der Waals surface area contributed by atoms with E-state index in [1.165, 1.54) is 12.1 Å². The van der Waals surface area contributed by atoms with E-state index in [0.717, 1.165) is 11.1 Å². The topological polar surface area (TPSA) is 12.0 Å². The lowest BCUT2D eigenvalue weighted by molar-refractivity contribution is 0.512. The molecule has 21 heavy (non-hydrogen) atoms. The van der Waals surface area contributed by atoms with Gasteiger partial charge in [0.15, 0.2) is 0 Å². The molecule has 0 saturated heterocycles. The molecular weight excluding hydrogens is 360 g/mol. The number of hydrogen-bond donors (Lipinski definition) is 1. The SMILES string of the molecule is CNC(Cc1c(F)ccc(Br)c1F)c1ccc(C)c(Cl)c1. The lowest BCUT2D eigenvalue weighted by Crippen LogP contribution is -2.20. The van der Waals surface area contributed by atoms with E-state index >= 15 is 0 Å².